The van der Waals surface area contributed by atoms with Crippen molar-refractivity contribution in [1.82, 2.24) is 25.5 Å². The molecule has 1 amide bonds. The Kier molecular flexibility index (Phi) is 4.84. The van der Waals surface area contributed by atoms with E-state index in [1.54, 1.807) is 19.2 Å². The molecular formula is C21H19F3N6O. The molecule has 1 aliphatic carbocycles. The summed E-state index contributed by atoms with van der Waals surface area (Å²) in [6.07, 6.45) is 0.0606. The van der Waals surface area contributed by atoms with Crippen LogP contribution in [0, 0.1) is 18.3 Å². The third-order valence-electron chi connectivity index (χ3n) is 5.77. The van der Waals surface area contributed by atoms with Gasteiger partial charge < -0.3 is 10.3 Å². The summed E-state index contributed by atoms with van der Waals surface area (Å²) in [5.41, 5.74) is 2.17. The largest absolute Gasteiger partial charge is 0.433 e. The monoisotopic (exact) mass is 428 g/mol. The number of carbonyl (C=O) groups excluding carboxylic acids is 1. The number of hydrogen-bond donors (Lipinski definition) is 3. The molecule has 31 heavy (non-hydrogen) atoms. The Bertz CT molecular complexity index is 1170. The van der Waals surface area contributed by atoms with Crippen molar-refractivity contribution in [2.24, 2.45) is 0 Å². The molecule has 3 heterocycles. The Balaban J connectivity index is 1.55. The number of pyridine rings is 1. The Morgan fingerprint density at radius 3 is 2.65 bits per heavy atom. The number of halogens is 3. The average molecular weight is 428 g/mol. The molecule has 0 bridgehead atoms. The van der Waals surface area contributed by atoms with Crippen LogP contribution in [0.2, 0.25) is 0 Å². The van der Waals surface area contributed by atoms with Gasteiger partial charge >= 0.3 is 6.18 Å². The Labute approximate surface area is 175 Å². The van der Waals surface area contributed by atoms with Gasteiger partial charge in [-0.1, -0.05) is 6.07 Å². The zero-order valence-electron chi connectivity index (χ0n) is 16.8. The molecule has 1 atom stereocenters. The molecule has 7 nitrogen and oxygen atoms in total. The van der Waals surface area contributed by atoms with Crippen LogP contribution in [-0.2, 0) is 11.6 Å². The van der Waals surface area contributed by atoms with Crippen LogP contribution in [0.4, 0.5) is 13.2 Å². The van der Waals surface area contributed by atoms with Gasteiger partial charge in [0.1, 0.15) is 17.5 Å². The number of rotatable bonds is 5. The zero-order chi connectivity index (χ0) is 22.4. The van der Waals surface area contributed by atoms with E-state index in [1.165, 1.54) is 12.3 Å². The fourth-order valence-corrected chi connectivity index (χ4v) is 3.87. The van der Waals surface area contributed by atoms with E-state index in [0.29, 0.717) is 17.0 Å². The average Bonchev–Trinajstić information content (AvgIpc) is 3.20. The van der Waals surface area contributed by atoms with Gasteiger partial charge in [-0.05, 0) is 55.5 Å². The summed E-state index contributed by atoms with van der Waals surface area (Å²) in [6.45, 7) is 3.58. The summed E-state index contributed by atoms with van der Waals surface area (Å²) in [5.74, 6) is -0.328. The first kappa shape index (κ1) is 20.7. The molecule has 160 valence electrons. The molecule has 0 aromatic carbocycles. The smallest absolute Gasteiger partial charge is 0.357 e. The fraction of sp³-hybridized carbons (Fsp3) is 0.333. The molecular weight excluding hydrogens is 409 g/mol. The van der Waals surface area contributed by atoms with E-state index in [1.807, 2.05) is 13.0 Å². The van der Waals surface area contributed by atoms with Crippen molar-refractivity contribution in [1.29, 1.82) is 5.26 Å². The molecule has 1 unspecified atom stereocenters. The molecule has 3 aromatic rings. The first-order valence-corrected chi connectivity index (χ1v) is 9.64. The summed E-state index contributed by atoms with van der Waals surface area (Å²) in [7, 11) is 0. The van der Waals surface area contributed by atoms with E-state index in [4.69, 9.17) is 5.26 Å². The standard InChI is InChI=1S/C21H19F3N6O/c1-11-15(20(5-6-20)13-3-4-17(26-9-13)21(22,23)24)10-27-18(11)19(31)28-12(2)16-7-14(8-25)29-30-16/h3-4,7,9-10,12,27H,5-6H2,1-2H3,(H,28,31)(H,29,30). The highest BCUT2D eigenvalue weighted by atomic mass is 19.4. The molecule has 0 aliphatic heterocycles. The predicted octanol–water partition coefficient (Wildman–Crippen LogP) is 3.90. The van der Waals surface area contributed by atoms with E-state index in [0.717, 1.165) is 30.0 Å². The van der Waals surface area contributed by atoms with Gasteiger partial charge in [0.15, 0.2) is 5.69 Å². The number of amides is 1. The molecule has 0 saturated heterocycles. The first-order chi connectivity index (χ1) is 14.7. The first-order valence-electron chi connectivity index (χ1n) is 9.64. The van der Waals surface area contributed by atoms with Crippen molar-refractivity contribution >= 4 is 5.91 Å². The maximum absolute atomic E-state index is 12.8. The number of alkyl halides is 3. The van der Waals surface area contributed by atoms with Gasteiger partial charge in [-0.15, -0.1) is 0 Å². The second-order valence-electron chi connectivity index (χ2n) is 7.73. The highest BCUT2D eigenvalue weighted by Crippen LogP contribution is 2.54. The van der Waals surface area contributed by atoms with E-state index < -0.39 is 23.3 Å². The van der Waals surface area contributed by atoms with Crippen LogP contribution < -0.4 is 5.32 Å². The van der Waals surface area contributed by atoms with Crippen molar-refractivity contribution in [3.63, 3.8) is 0 Å². The summed E-state index contributed by atoms with van der Waals surface area (Å²) >= 11 is 0. The lowest BCUT2D eigenvalue weighted by atomic mass is 9.88. The minimum atomic E-state index is -4.48. The number of H-pyrrole nitrogens is 2. The molecule has 0 radical (unpaired) electrons. The molecule has 3 aromatic heterocycles. The van der Waals surface area contributed by atoms with Gasteiger partial charge in [-0.3, -0.25) is 14.9 Å². The second-order valence-corrected chi connectivity index (χ2v) is 7.73. The minimum Gasteiger partial charge on any atom is -0.357 e. The van der Waals surface area contributed by atoms with Crippen molar-refractivity contribution in [2.45, 2.75) is 44.3 Å². The van der Waals surface area contributed by atoms with Gasteiger partial charge in [-0.25, -0.2) is 0 Å². The lowest BCUT2D eigenvalue weighted by Crippen LogP contribution is -2.27. The number of carbonyl (C=O) groups is 1. The number of nitrogens with one attached hydrogen (secondary N) is 3. The SMILES string of the molecule is Cc1c(C2(c3ccc(C(F)(F)F)nc3)CC2)c[nH]c1C(=O)NC(C)c1cc(C#N)n[nH]1. The number of hydrogen-bond acceptors (Lipinski definition) is 4. The lowest BCUT2D eigenvalue weighted by molar-refractivity contribution is -0.141. The number of aromatic nitrogens is 4. The lowest BCUT2D eigenvalue weighted by Gasteiger charge is -2.17. The predicted molar refractivity (Wildman–Crippen MR) is 104 cm³/mol. The van der Waals surface area contributed by atoms with Crippen LogP contribution in [0.1, 0.15) is 70.1 Å². The van der Waals surface area contributed by atoms with Crippen LogP contribution >= 0.6 is 0 Å². The molecule has 1 saturated carbocycles. The number of aromatic amines is 2. The third-order valence-corrected chi connectivity index (χ3v) is 5.77. The number of nitrogens with zero attached hydrogens (tertiary/aromatic N) is 3. The maximum Gasteiger partial charge on any atom is 0.433 e. The normalized spacial score (nSPS) is 15.9. The van der Waals surface area contributed by atoms with E-state index in [9.17, 15) is 18.0 Å². The van der Waals surface area contributed by atoms with E-state index in [2.05, 4.69) is 25.5 Å². The number of nitriles is 1. The Hall–Kier alpha value is -3.61. The fourth-order valence-electron chi connectivity index (χ4n) is 3.87. The summed E-state index contributed by atoms with van der Waals surface area (Å²) in [4.78, 5) is 19.4. The van der Waals surface area contributed by atoms with Gasteiger partial charge in [0, 0.05) is 17.8 Å². The van der Waals surface area contributed by atoms with E-state index >= 15 is 0 Å². The van der Waals surface area contributed by atoms with E-state index in [-0.39, 0.29) is 11.6 Å². The van der Waals surface area contributed by atoms with Crippen LogP contribution in [0.25, 0.3) is 0 Å². The highest BCUT2D eigenvalue weighted by molar-refractivity contribution is 5.94. The molecule has 10 heteroatoms. The maximum atomic E-state index is 12.8. The summed E-state index contributed by atoms with van der Waals surface area (Å²) < 4.78 is 38.5. The topological polar surface area (TPSA) is 110 Å². The van der Waals surface area contributed by atoms with Crippen LogP contribution in [0.15, 0.2) is 30.6 Å². The van der Waals surface area contributed by atoms with Crippen molar-refractivity contribution in [2.75, 3.05) is 0 Å². The Morgan fingerprint density at radius 1 is 1.35 bits per heavy atom. The quantitative estimate of drug-likeness (QED) is 0.572. The minimum absolute atomic E-state index is 0.232. The highest BCUT2D eigenvalue weighted by Gasteiger charge is 2.48. The van der Waals surface area contributed by atoms with Crippen LogP contribution in [-0.4, -0.2) is 26.1 Å². The summed E-state index contributed by atoms with van der Waals surface area (Å²) in [6, 6.07) is 5.54. The Morgan fingerprint density at radius 2 is 2.10 bits per heavy atom. The van der Waals surface area contributed by atoms with Gasteiger partial charge in [0.05, 0.1) is 11.7 Å². The van der Waals surface area contributed by atoms with Crippen molar-refractivity contribution < 1.29 is 18.0 Å². The molecule has 3 N–H and O–H groups in total. The molecule has 0 spiro atoms. The van der Waals surface area contributed by atoms with Crippen LogP contribution in [0.5, 0.6) is 0 Å². The van der Waals surface area contributed by atoms with Gasteiger partial charge in [-0.2, -0.15) is 23.5 Å². The third kappa shape index (κ3) is 3.67. The van der Waals surface area contributed by atoms with Crippen molar-refractivity contribution in [3.05, 3.63) is 70.1 Å². The molecule has 4 rings (SSSR count). The summed E-state index contributed by atoms with van der Waals surface area (Å²) in [5, 5.41) is 18.3. The van der Waals surface area contributed by atoms with Gasteiger partial charge in [0.25, 0.3) is 5.91 Å². The second kappa shape index (κ2) is 7.27. The molecule has 1 aliphatic rings. The molecule has 1 fully saturated rings. The van der Waals surface area contributed by atoms with Crippen molar-refractivity contribution in [3.8, 4) is 6.07 Å². The van der Waals surface area contributed by atoms with Gasteiger partial charge in [0.2, 0.25) is 0 Å². The van der Waals surface area contributed by atoms with Crippen LogP contribution in [0.3, 0.4) is 0 Å². The zero-order valence-corrected chi connectivity index (χ0v) is 16.8.